The predicted molar refractivity (Wildman–Crippen MR) is 112 cm³/mol. The number of nitrogens with zero attached hydrogens (tertiary/aromatic N) is 5. The van der Waals surface area contributed by atoms with E-state index in [0.717, 1.165) is 37.9 Å². The molecule has 2 amide bonds. The van der Waals surface area contributed by atoms with Gasteiger partial charge in [0.15, 0.2) is 0 Å². The smallest absolute Gasteiger partial charge is 0.475 e. The van der Waals surface area contributed by atoms with Crippen LogP contribution in [0.5, 0.6) is 0 Å². The molecule has 1 unspecified atom stereocenters. The summed E-state index contributed by atoms with van der Waals surface area (Å²) in [5.41, 5.74) is 1.32. The Balaban J connectivity index is 0.000000406. The van der Waals surface area contributed by atoms with Crippen molar-refractivity contribution in [3.8, 4) is 0 Å². The molecule has 2 aliphatic rings. The molecule has 12 heteroatoms. The minimum atomic E-state index is -5.08. The third kappa shape index (κ3) is 6.49. The summed E-state index contributed by atoms with van der Waals surface area (Å²) in [6.45, 7) is 2.90. The zero-order valence-corrected chi connectivity index (χ0v) is 18.2. The Morgan fingerprint density at radius 1 is 1.00 bits per heavy atom. The molecule has 2 aromatic rings. The number of rotatable bonds is 3. The number of aromatic nitrogens is 3. The number of alkyl halides is 3. The molecule has 1 atom stereocenters. The number of carbonyl (C=O) groups excluding carboxylic acids is 2. The van der Waals surface area contributed by atoms with E-state index in [4.69, 9.17) is 9.90 Å². The molecule has 0 aliphatic carbocycles. The SMILES string of the molecule is O=C(Cc1cccnc1)N1CCCC2(CCN(C(=O)c3cnccn3)C2)C1.O=C(O)C(F)(F)F. The highest BCUT2D eigenvalue weighted by Crippen LogP contribution is 2.39. The Hall–Kier alpha value is -3.57. The van der Waals surface area contributed by atoms with E-state index in [-0.39, 0.29) is 17.2 Å². The van der Waals surface area contributed by atoms with E-state index in [2.05, 4.69) is 15.0 Å². The topological polar surface area (TPSA) is 117 Å². The molecule has 0 bridgehead atoms. The van der Waals surface area contributed by atoms with Gasteiger partial charge in [-0.05, 0) is 30.9 Å². The second-order valence-electron chi connectivity index (χ2n) is 8.33. The van der Waals surface area contributed by atoms with Gasteiger partial charge in [0.1, 0.15) is 5.69 Å². The molecule has 0 saturated carbocycles. The summed E-state index contributed by atoms with van der Waals surface area (Å²) in [7, 11) is 0. The van der Waals surface area contributed by atoms with Crippen LogP contribution in [0.1, 0.15) is 35.3 Å². The molecule has 34 heavy (non-hydrogen) atoms. The number of halogens is 3. The molecule has 2 aromatic heterocycles. The molecule has 1 N–H and O–H groups in total. The Labute approximate surface area is 193 Å². The van der Waals surface area contributed by atoms with Gasteiger partial charge in [-0.25, -0.2) is 9.78 Å². The van der Waals surface area contributed by atoms with Crippen LogP contribution in [-0.4, -0.2) is 80.0 Å². The maximum Gasteiger partial charge on any atom is 0.490 e. The van der Waals surface area contributed by atoms with Crippen LogP contribution < -0.4 is 0 Å². The lowest BCUT2D eigenvalue weighted by Crippen LogP contribution is -2.48. The summed E-state index contributed by atoms with van der Waals surface area (Å²) in [4.78, 5) is 50.3. The highest BCUT2D eigenvalue weighted by Gasteiger charge is 2.44. The lowest BCUT2D eigenvalue weighted by Gasteiger charge is -2.40. The van der Waals surface area contributed by atoms with Crippen molar-refractivity contribution in [2.75, 3.05) is 26.2 Å². The third-order valence-corrected chi connectivity index (χ3v) is 5.84. The second-order valence-corrected chi connectivity index (χ2v) is 8.33. The minimum absolute atomic E-state index is 0.000711. The number of hydrogen-bond acceptors (Lipinski definition) is 6. The number of hydrogen-bond donors (Lipinski definition) is 1. The van der Waals surface area contributed by atoms with Crippen molar-refractivity contribution in [3.63, 3.8) is 0 Å². The van der Waals surface area contributed by atoms with E-state index in [1.165, 1.54) is 6.20 Å². The van der Waals surface area contributed by atoms with Crippen LogP contribution in [0.4, 0.5) is 13.2 Å². The Bertz CT molecular complexity index is 1010. The predicted octanol–water partition coefficient (Wildman–Crippen LogP) is 2.20. The lowest BCUT2D eigenvalue weighted by atomic mass is 9.79. The van der Waals surface area contributed by atoms with Crippen LogP contribution in [0.25, 0.3) is 0 Å². The maximum absolute atomic E-state index is 12.7. The number of piperidine rings is 1. The molecule has 2 fully saturated rings. The molecule has 182 valence electrons. The van der Waals surface area contributed by atoms with E-state index in [9.17, 15) is 22.8 Å². The van der Waals surface area contributed by atoms with Gasteiger partial charge in [0.25, 0.3) is 5.91 Å². The zero-order chi connectivity index (χ0) is 24.8. The normalized spacial score (nSPS) is 20.0. The van der Waals surface area contributed by atoms with Gasteiger partial charge in [-0.2, -0.15) is 13.2 Å². The van der Waals surface area contributed by atoms with E-state index in [1.807, 2.05) is 21.9 Å². The van der Waals surface area contributed by atoms with Crippen molar-refractivity contribution in [2.45, 2.75) is 31.9 Å². The standard InChI is InChI=1S/C20H23N5O2.C2HF3O2/c26-18(11-16-3-1-6-21-12-16)24-9-2-4-20(14-24)5-10-25(15-20)19(27)17-13-22-7-8-23-17;3-2(4,5)1(6)7/h1,3,6-8,12-13H,2,4-5,9-11,14-15H2;(H,6,7). The number of pyridine rings is 1. The number of amides is 2. The van der Waals surface area contributed by atoms with E-state index < -0.39 is 12.1 Å². The van der Waals surface area contributed by atoms with Gasteiger partial charge >= 0.3 is 12.1 Å². The summed E-state index contributed by atoms with van der Waals surface area (Å²) in [6, 6.07) is 3.79. The van der Waals surface area contributed by atoms with Crippen LogP contribution in [0.2, 0.25) is 0 Å². The van der Waals surface area contributed by atoms with Crippen molar-refractivity contribution in [2.24, 2.45) is 5.41 Å². The molecule has 2 aliphatic heterocycles. The largest absolute Gasteiger partial charge is 0.490 e. The fourth-order valence-corrected chi connectivity index (χ4v) is 4.22. The molecule has 0 radical (unpaired) electrons. The molecular weight excluding hydrogens is 455 g/mol. The van der Waals surface area contributed by atoms with Crippen LogP contribution in [-0.2, 0) is 16.0 Å². The highest BCUT2D eigenvalue weighted by molar-refractivity contribution is 5.92. The van der Waals surface area contributed by atoms with Crippen molar-refractivity contribution < 1.29 is 32.7 Å². The quantitative estimate of drug-likeness (QED) is 0.717. The van der Waals surface area contributed by atoms with Gasteiger partial charge < -0.3 is 14.9 Å². The molecule has 2 saturated heterocycles. The number of likely N-dealkylation sites (tertiary alicyclic amines) is 2. The second kappa shape index (κ2) is 10.6. The third-order valence-electron chi connectivity index (χ3n) is 5.84. The van der Waals surface area contributed by atoms with Crippen LogP contribution in [0, 0.1) is 5.41 Å². The number of aliphatic carboxylic acids is 1. The average Bonchev–Trinajstić information content (AvgIpc) is 3.22. The van der Waals surface area contributed by atoms with Crippen LogP contribution in [0.15, 0.2) is 43.1 Å². The van der Waals surface area contributed by atoms with E-state index >= 15 is 0 Å². The summed E-state index contributed by atoms with van der Waals surface area (Å²) in [5.74, 6) is -2.69. The number of carboxylic acids is 1. The molecule has 4 rings (SSSR count). The first-order valence-electron chi connectivity index (χ1n) is 10.6. The van der Waals surface area contributed by atoms with Crippen LogP contribution in [0.3, 0.4) is 0 Å². The van der Waals surface area contributed by atoms with Crippen LogP contribution >= 0.6 is 0 Å². The Morgan fingerprint density at radius 3 is 2.32 bits per heavy atom. The fraction of sp³-hybridized carbons (Fsp3) is 0.455. The molecule has 9 nitrogen and oxygen atoms in total. The van der Waals surface area contributed by atoms with Crippen molar-refractivity contribution >= 4 is 17.8 Å². The zero-order valence-electron chi connectivity index (χ0n) is 18.2. The monoisotopic (exact) mass is 479 g/mol. The molecular formula is C22H24F3N5O4. The van der Waals surface area contributed by atoms with Gasteiger partial charge in [0.2, 0.25) is 5.91 Å². The van der Waals surface area contributed by atoms with Crippen molar-refractivity contribution in [3.05, 3.63) is 54.4 Å². The highest BCUT2D eigenvalue weighted by atomic mass is 19.4. The lowest BCUT2D eigenvalue weighted by molar-refractivity contribution is -0.192. The molecule has 1 spiro atoms. The van der Waals surface area contributed by atoms with Gasteiger partial charge in [-0.1, -0.05) is 6.07 Å². The Morgan fingerprint density at radius 2 is 1.71 bits per heavy atom. The fourth-order valence-electron chi connectivity index (χ4n) is 4.22. The summed E-state index contributed by atoms with van der Waals surface area (Å²) < 4.78 is 31.7. The van der Waals surface area contributed by atoms with Gasteiger partial charge in [-0.15, -0.1) is 0 Å². The first kappa shape index (κ1) is 25.1. The van der Waals surface area contributed by atoms with Crippen molar-refractivity contribution in [1.29, 1.82) is 0 Å². The minimum Gasteiger partial charge on any atom is -0.475 e. The van der Waals surface area contributed by atoms with Crippen molar-refractivity contribution in [1.82, 2.24) is 24.8 Å². The first-order valence-corrected chi connectivity index (χ1v) is 10.6. The summed E-state index contributed by atoms with van der Waals surface area (Å²) in [5, 5.41) is 7.12. The van der Waals surface area contributed by atoms with Gasteiger partial charge in [0, 0.05) is 56.4 Å². The number of carboxylic acid groups (broad SMARTS) is 1. The average molecular weight is 479 g/mol. The summed E-state index contributed by atoms with van der Waals surface area (Å²) in [6.07, 6.45) is 6.33. The first-order chi connectivity index (χ1) is 16.1. The maximum atomic E-state index is 12.7. The van der Waals surface area contributed by atoms with Gasteiger partial charge in [0.05, 0.1) is 12.6 Å². The summed E-state index contributed by atoms with van der Waals surface area (Å²) >= 11 is 0. The number of carbonyl (C=O) groups is 3. The van der Waals surface area contributed by atoms with E-state index in [1.54, 1.807) is 24.8 Å². The Kier molecular flexibility index (Phi) is 7.79. The van der Waals surface area contributed by atoms with E-state index in [0.29, 0.717) is 25.2 Å². The molecule has 0 aromatic carbocycles. The molecule has 4 heterocycles. The van der Waals surface area contributed by atoms with Gasteiger partial charge in [-0.3, -0.25) is 19.6 Å².